The smallest absolute Gasteiger partial charge is 0.135 e. The molecule has 0 radical (unpaired) electrons. The Kier molecular flexibility index (Phi) is 7.39. The van der Waals surface area contributed by atoms with Gasteiger partial charge in [0.1, 0.15) is 11.2 Å². The van der Waals surface area contributed by atoms with E-state index in [4.69, 9.17) is 4.42 Å². The number of furan rings is 1. The number of thiophene rings is 1. The Balaban J connectivity index is 1.12. The van der Waals surface area contributed by atoms with Crippen molar-refractivity contribution < 1.29 is 4.42 Å². The van der Waals surface area contributed by atoms with Gasteiger partial charge in [0.05, 0.1) is 11.4 Å². The Morgan fingerprint density at radius 1 is 0.345 bits per heavy atom. The van der Waals surface area contributed by atoms with E-state index < -0.39 is 0 Å². The van der Waals surface area contributed by atoms with Crippen LogP contribution in [-0.2, 0) is 0 Å². The van der Waals surface area contributed by atoms with E-state index in [1.54, 1.807) is 0 Å². The molecule has 0 unspecified atom stereocenters. The Morgan fingerprint density at radius 3 is 1.82 bits per heavy atom. The summed E-state index contributed by atoms with van der Waals surface area (Å²) in [6.45, 7) is 0. The predicted molar refractivity (Wildman–Crippen MR) is 235 cm³/mol. The lowest BCUT2D eigenvalue weighted by atomic mass is 9.96. The van der Waals surface area contributed by atoms with Crippen molar-refractivity contribution in [2.45, 2.75) is 0 Å². The second-order valence-corrected chi connectivity index (χ2v) is 15.2. The minimum absolute atomic E-state index is 0.893. The fourth-order valence-electron chi connectivity index (χ4n) is 8.21. The summed E-state index contributed by atoms with van der Waals surface area (Å²) in [5.74, 6) is 0. The number of rotatable bonds is 6. The van der Waals surface area contributed by atoms with Crippen molar-refractivity contribution in [1.82, 2.24) is 0 Å². The zero-order valence-electron chi connectivity index (χ0n) is 29.8. The Bertz CT molecular complexity index is 3240. The third kappa shape index (κ3) is 5.40. The Morgan fingerprint density at radius 2 is 0.964 bits per heavy atom. The molecule has 0 N–H and O–H groups in total. The van der Waals surface area contributed by atoms with E-state index in [0.29, 0.717) is 0 Å². The summed E-state index contributed by atoms with van der Waals surface area (Å²) in [6, 6.07) is 72.4. The van der Waals surface area contributed by atoms with Crippen molar-refractivity contribution >= 4 is 81.3 Å². The van der Waals surface area contributed by atoms with Crippen molar-refractivity contribution in [2.24, 2.45) is 0 Å². The number of hydrogen-bond donors (Lipinski definition) is 0. The number of fused-ring (bicyclic) bond motifs is 7. The topological polar surface area (TPSA) is 16.4 Å². The van der Waals surface area contributed by atoms with Gasteiger partial charge in [0.2, 0.25) is 0 Å². The first kappa shape index (κ1) is 31.6. The Labute approximate surface area is 322 Å². The number of hydrogen-bond acceptors (Lipinski definition) is 3. The van der Waals surface area contributed by atoms with Gasteiger partial charge in [-0.05, 0) is 93.7 Å². The van der Waals surface area contributed by atoms with Crippen molar-refractivity contribution in [3.63, 3.8) is 0 Å². The molecule has 0 fully saturated rings. The molecule has 11 rings (SSSR count). The predicted octanol–water partition coefficient (Wildman–Crippen LogP) is 15.6. The average Bonchev–Trinajstić information content (AvgIpc) is 3.82. The molecule has 11 aromatic rings. The summed E-state index contributed by atoms with van der Waals surface area (Å²) >= 11 is 1.86. The van der Waals surface area contributed by atoms with Gasteiger partial charge in [-0.3, -0.25) is 0 Å². The molecule has 9 aromatic carbocycles. The van der Waals surface area contributed by atoms with Crippen LogP contribution in [0.2, 0.25) is 0 Å². The number of nitrogens with zero attached hydrogens (tertiary/aromatic N) is 1. The SMILES string of the molecule is c1cc(-c2ccc3c(c2)sc2ccccc23)cc(N(c2ccccc2-c2ccc3ccccc3c2)c2ccccc2-c2ccc3oc4ccccc4c3c2)c1. The highest BCUT2D eigenvalue weighted by molar-refractivity contribution is 7.25. The van der Waals surface area contributed by atoms with E-state index in [1.165, 1.54) is 47.6 Å². The van der Waals surface area contributed by atoms with Gasteiger partial charge in [-0.2, -0.15) is 0 Å². The van der Waals surface area contributed by atoms with Crippen molar-refractivity contribution in [1.29, 1.82) is 0 Å². The first-order valence-corrected chi connectivity index (χ1v) is 19.5. The van der Waals surface area contributed by atoms with E-state index in [1.807, 2.05) is 23.5 Å². The fraction of sp³-hybridized carbons (Fsp3) is 0. The van der Waals surface area contributed by atoms with Gasteiger partial charge < -0.3 is 9.32 Å². The highest BCUT2D eigenvalue weighted by Crippen LogP contribution is 2.46. The fourth-order valence-corrected chi connectivity index (χ4v) is 9.36. The van der Waals surface area contributed by atoms with Crippen LogP contribution in [0.25, 0.3) is 86.3 Å². The van der Waals surface area contributed by atoms with Gasteiger partial charge in [-0.25, -0.2) is 0 Å². The molecular weight excluding hydrogens is 687 g/mol. The molecule has 0 aliphatic rings. The van der Waals surface area contributed by atoms with Crippen LogP contribution in [0.4, 0.5) is 17.1 Å². The van der Waals surface area contributed by atoms with Crippen LogP contribution in [0, 0.1) is 0 Å². The molecule has 0 amide bonds. The largest absolute Gasteiger partial charge is 0.456 e. The maximum Gasteiger partial charge on any atom is 0.135 e. The molecule has 0 saturated carbocycles. The summed E-state index contributed by atoms with van der Waals surface area (Å²) in [5.41, 5.74) is 12.1. The normalized spacial score (nSPS) is 11.6. The van der Waals surface area contributed by atoms with Crippen LogP contribution in [0.5, 0.6) is 0 Å². The molecule has 2 aromatic heterocycles. The van der Waals surface area contributed by atoms with Gasteiger partial charge in [0, 0.05) is 47.8 Å². The summed E-state index contributed by atoms with van der Waals surface area (Å²) < 4.78 is 8.86. The lowest BCUT2D eigenvalue weighted by Crippen LogP contribution is -2.12. The Hall–Kier alpha value is -6.94. The minimum Gasteiger partial charge on any atom is -0.456 e. The van der Waals surface area contributed by atoms with E-state index >= 15 is 0 Å². The molecule has 55 heavy (non-hydrogen) atoms. The number of benzene rings is 9. The molecule has 3 heteroatoms. The molecule has 0 aliphatic carbocycles. The van der Waals surface area contributed by atoms with Crippen molar-refractivity contribution in [3.8, 4) is 33.4 Å². The molecule has 2 nitrogen and oxygen atoms in total. The second-order valence-electron chi connectivity index (χ2n) is 14.1. The molecule has 2 heterocycles. The molecule has 0 bridgehead atoms. The van der Waals surface area contributed by atoms with E-state index in [-0.39, 0.29) is 0 Å². The minimum atomic E-state index is 0.893. The second kappa shape index (κ2) is 12.9. The van der Waals surface area contributed by atoms with Gasteiger partial charge in [-0.15, -0.1) is 11.3 Å². The first-order chi connectivity index (χ1) is 27.2. The van der Waals surface area contributed by atoms with E-state index in [0.717, 1.165) is 55.7 Å². The van der Waals surface area contributed by atoms with Crippen LogP contribution in [0.1, 0.15) is 0 Å². The monoisotopic (exact) mass is 719 g/mol. The molecule has 0 atom stereocenters. The zero-order chi connectivity index (χ0) is 36.3. The summed E-state index contributed by atoms with van der Waals surface area (Å²) in [6.07, 6.45) is 0. The summed E-state index contributed by atoms with van der Waals surface area (Å²) in [5, 5.41) is 7.32. The molecule has 0 aliphatic heterocycles. The van der Waals surface area contributed by atoms with Gasteiger partial charge in [0.25, 0.3) is 0 Å². The molecule has 258 valence electrons. The lowest BCUT2D eigenvalue weighted by Gasteiger charge is -2.30. The van der Waals surface area contributed by atoms with Crippen LogP contribution in [-0.4, -0.2) is 0 Å². The maximum atomic E-state index is 6.24. The third-order valence-corrected chi connectivity index (χ3v) is 12.0. The van der Waals surface area contributed by atoms with Crippen LogP contribution >= 0.6 is 11.3 Å². The van der Waals surface area contributed by atoms with E-state index in [2.05, 4.69) is 193 Å². The maximum absolute atomic E-state index is 6.24. The standard InChI is InChI=1S/C52H33NOS/c1-2-13-35-30-38(25-24-34(35)12-1)41-16-3-7-20-47(41)53(40-15-11-14-36(31-40)37-26-28-45-44-19-6-10-23-51(44)55-52(45)33-37)48-21-8-4-17-42(48)39-27-29-50-46(32-39)43-18-5-9-22-49(43)54-50/h1-33H. The highest BCUT2D eigenvalue weighted by Gasteiger charge is 2.22. The molecule has 0 spiro atoms. The number of anilines is 3. The zero-order valence-corrected chi connectivity index (χ0v) is 30.6. The van der Waals surface area contributed by atoms with Gasteiger partial charge in [0.15, 0.2) is 0 Å². The van der Waals surface area contributed by atoms with E-state index in [9.17, 15) is 0 Å². The lowest BCUT2D eigenvalue weighted by molar-refractivity contribution is 0.669. The highest BCUT2D eigenvalue weighted by atomic mass is 32.1. The molecular formula is C52H33NOS. The van der Waals surface area contributed by atoms with Gasteiger partial charge >= 0.3 is 0 Å². The summed E-state index contributed by atoms with van der Waals surface area (Å²) in [4.78, 5) is 2.44. The summed E-state index contributed by atoms with van der Waals surface area (Å²) in [7, 11) is 0. The average molecular weight is 720 g/mol. The quantitative estimate of drug-likeness (QED) is 0.170. The van der Waals surface area contributed by atoms with Gasteiger partial charge in [-0.1, -0.05) is 140 Å². The van der Waals surface area contributed by atoms with Crippen LogP contribution < -0.4 is 4.90 Å². The van der Waals surface area contributed by atoms with Crippen LogP contribution in [0.15, 0.2) is 205 Å². The first-order valence-electron chi connectivity index (χ1n) is 18.7. The third-order valence-electron chi connectivity index (χ3n) is 10.9. The van der Waals surface area contributed by atoms with Crippen molar-refractivity contribution in [2.75, 3.05) is 4.90 Å². The molecule has 0 saturated heterocycles. The van der Waals surface area contributed by atoms with Crippen molar-refractivity contribution in [3.05, 3.63) is 200 Å². The van der Waals surface area contributed by atoms with Crippen LogP contribution in [0.3, 0.4) is 0 Å². The number of para-hydroxylation sites is 3.